The molecular formula is C17H26FN2O4S+. The van der Waals surface area contributed by atoms with Gasteiger partial charge in [0.2, 0.25) is 4.90 Å². The van der Waals surface area contributed by atoms with Gasteiger partial charge in [0.15, 0.2) is 5.79 Å². The van der Waals surface area contributed by atoms with Crippen molar-refractivity contribution in [2.75, 3.05) is 51.5 Å². The molecule has 0 radical (unpaired) electrons. The molecule has 2 heterocycles. The van der Waals surface area contributed by atoms with E-state index in [0.717, 1.165) is 38.0 Å². The van der Waals surface area contributed by atoms with E-state index in [2.05, 4.69) is 9.62 Å². The largest absolute Gasteiger partial charge is 0.385 e. The Labute approximate surface area is 150 Å². The highest BCUT2D eigenvalue weighted by Gasteiger charge is 2.40. The first-order chi connectivity index (χ1) is 12.1. The SMILES string of the molecule is COCCCN[S+](O)c1cc(F)cc(N2CCC3(CC2)OCCO3)c1. The monoisotopic (exact) mass is 373 g/mol. The van der Waals surface area contributed by atoms with Crippen molar-refractivity contribution >= 4 is 17.0 Å². The lowest BCUT2D eigenvalue weighted by molar-refractivity contribution is -0.169. The van der Waals surface area contributed by atoms with Gasteiger partial charge in [0, 0.05) is 64.0 Å². The average Bonchev–Trinajstić information content (AvgIpc) is 3.06. The van der Waals surface area contributed by atoms with Crippen molar-refractivity contribution in [3.05, 3.63) is 24.0 Å². The molecule has 0 saturated carbocycles. The minimum atomic E-state index is -1.19. The third-order valence-electron chi connectivity index (χ3n) is 4.55. The second-order valence-electron chi connectivity index (χ2n) is 6.27. The van der Waals surface area contributed by atoms with E-state index in [1.807, 2.05) is 6.07 Å². The highest BCUT2D eigenvalue weighted by molar-refractivity contribution is 7.89. The fraction of sp³-hybridized carbons (Fsp3) is 0.647. The van der Waals surface area contributed by atoms with E-state index in [4.69, 9.17) is 14.2 Å². The van der Waals surface area contributed by atoms with Gasteiger partial charge in [0.25, 0.3) is 11.4 Å². The lowest BCUT2D eigenvalue weighted by atomic mass is 10.0. The summed E-state index contributed by atoms with van der Waals surface area (Å²) in [7, 11) is 1.64. The number of nitrogens with one attached hydrogen (secondary N) is 1. The molecule has 8 heteroatoms. The second-order valence-corrected chi connectivity index (χ2v) is 7.59. The standard InChI is InChI=1S/C17H26FN2O4S/c1-22-8-2-5-19-25(21)16-12-14(18)11-15(13-16)20-6-3-17(4-7-20)23-9-10-24-17/h11-13,19,21H,2-10H2,1H3/q+1. The van der Waals surface area contributed by atoms with Gasteiger partial charge in [0.1, 0.15) is 5.82 Å². The molecular weight excluding hydrogens is 347 g/mol. The average molecular weight is 373 g/mol. The molecule has 0 aromatic heterocycles. The number of piperidine rings is 1. The molecule has 0 aliphatic carbocycles. The smallest absolute Gasteiger partial charge is 0.275 e. The van der Waals surface area contributed by atoms with Crippen molar-refractivity contribution in [3.8, 4) is 0 Å². The van der Waals surface area contributed by atoms with Gasteiger partial charge >= 0.3 is 0 Å². The molecule has 1 atom stereocenters. The number of rotatable bonds is 7. The van der Waals surface area contributed by atoms with Crippen molar-refractivity contribution in [1.82, 2.24) is 4.72 Å². The van der Waals surface area contributed by atoms with Crippen LogP contribution in [0.25, 0.3) is 0 Å². The van der Waals surface area contributed by atoms with Crippen LogP contribution in [-0.4, -0.2) is 56.9 Å². The first-order valence-electron chi connectivity index (χ1n) is 8.61. The molecule has 3 rings (SSSR count). The number of hydrogen-bond donors (Lipinski definition) is 2. The van der Waals surface area contributed by atoms with Crippen LogP contribution in [0.3, 0.4) is 0 Å². The molecule has 2 saturated heterocycles. The summed E-state index contributed by atoms with van der Waals surface area (Å²) in [6.45, 7) is 4.00. The number of benzene rings is 1. The number of nitrogens with zero attached hydrogens (tertiary/aromatic N) is 1. The number of anilines is 1. The first-order valence-corrected chi connectivity index (χ1v) is 9.79. The zero-order valence-corrected chi connectivity index (χ0v) is 15.3. The van der Waals surface area contributed by atoms with E-state index >= 15 is 0 Å². The zero-order valence-electron chi connectivity index (χ0n) is 14.5. The van der Waals surface area contributed by atoms with Crippen LogP contribution >= 0.6 is 0 Å². The molecule has 25 heavy (non-hydrogen) atoms. The van der Waals surface area contributed by atoms with Crippen molar-refractivity contribution < 1.29 is 23.2 Å². The van der Waals surface area contributed by atoms with Gasteiger partial charge in [0.05, 0.1) is 13.2 Å². The molecule has 1 aromatic carbocycles. The molecule has 2 fully saturated rings. The van der Waals surface area contributed by atoms with Gasteiger partial charge in [-0.15, -0.1) is 4.72 Å². The maximum absolute atomic E-state index is 14.0. The Balaban J connectivity index is 1.61. The van der Waals surface area contributed by atoms with Gasteiger partial charge in [-0.1, -0.05) is 0 Å². The lowest BCUT2D eigenvalue weighted by Gasteiger charge is -2.38. The van der Waals surface area contributed by atoms with Gasteiger partial charge in [-0.25, -0.2) is 4.39 Å². The van der Waals surface area contributed by atoms with Crippen molar-refractivity contribution in [1.29, 1.82) is 0 Å². The summed E-state index contributed by atoms with van der Waals surface area (Å²) in [6, 6.07) is 4.74. The molecule has 1 aromatic rings. The van der Waals surface area contributed by atoms with Crippen LogP contribution in [-0.2, 0) is 25.6 Å². The normalized spacial score (nSPS) is 21.0. The van der Waals surface area contributed by atoms with Gasteiger partial charge in [-0.3, -0.25) is 0 Å². The third-order valence-corrected chi connectivity index (χ3v) is 5.71. The summed E-state index contributed by atoms with van der Waals surface area (Å²) in [5.41, 5.74) is 0.785. The van der Waals surface area contributed by atoms with Crippen LogP contribution < -0.4 is 9.62 Å². The predicted octanol–water partition coefficient (Wildman–Crippen LogP) is 2.16. The fourth-order valence-corrected chi connectivity index (χ4v) is 4.16. The molecule has 2 aliphatic rings. The summed E-state index contributed by atoms with van der Waals surface area (Å²) in [6.07, 6.45) is 2.31. The summed E-state index contributed by atoms with van der Waals surface area (Å²) < 4.78 is 43.8. The Morgan fingerprint density at radius 2 is 2.00 bits per heavy atom. The van der Waals surface area contributed by atoms with Gasteiger partial charge in [-0.05, 0) is 12.5 Å². The highest BCUT2D eigenvalue weighted by Crippen LogP contribution is 2.34. The van der Waals surface area contributed by atoms with E-state index in [1.54, 1.807) is 7.11 Å². The van der Waals surface area contributed by atoms with Crippen LogP contribution in [0.4, 0.5) is 10.1 Å². The van der Waals surface area contributed by atoms with Crippen molar-refractivity contribution in [3.63, 3.8) is 0 Å². The Morgan fingerprint density at radius 3 is 2.68 bits per heavy atom. The summed E-state index contributed by atoms with van der Waals surface area (Å²) in [5.74, 6) is -0.789. The Bertz CT molecular complexity index is 562. The van der Waals surface area contributed by atoms with Crippen LogP contribution in [0, 0.1) is 5.82 Å². The summed E-state index contributed by atoms with van der Waals surface area (Å²) in [4.78, 5) is 2.67. The molecule has 140 valence electrons. The van der Waals surface area contributed by atoms with E-state index in [9.17, 15) is 8.94 Å². The summed E-state index contributed by atoms with van der Waals surface area (Å²) in [5, 5.41) is 0. The molecule has 1 unspecified atom stereocenters. The summed E-state index contributed by atoms with van der Waals surface area (Å²) >= 11 is -1.19. The van der Waals surface area contributed by atoms with Crippen LogP contribution in [0.1, 0.15) is 19.3 Å². The number of halogens is 1. The van der Waals surface area contributed by atoms with Crippen molar-refractivity contribution in [2.45, 2.75) is 29.9 Å². The zero-order chi connectivity index (χ0) is 17.7. The third kappa shape index (κ3) is 4.84. The number of ether oxygens (including phenoxy) is 3. The van der Waals surface area contributed by atoms with Gasteiger partial charge in [-0.2, -0.15) is 4.55 Å². The molecule has 6 nitrogen and oxygen atoms in total. The van der Waals surface area contributed by atoms with E-state index in [1.165, 1.54) is 12.1 Å². The van der Waals surface area contributed by atoms with Crippen molar-refractivity contribution in [2.24, 2.45) is 0 Å². The molecule has 0 bridgehead atoms. The van der Waals surface area contributed by atoms with Crippen LogP contribution in [0.5, 0.6) is 0 Å². The first kappa shape index (κ1) is 18.9. The van der Waals surface area contributed by atoms with E-state index in [0.29, 0.717) is 31.3 Å². The minimum Gasteiger partial charge on any atom is -0.385 e. The maximum Gasteiger partial charge on any atom is 0.275 e. The highest BCUT2D eigenvalue weighted by atomic mass is 32.2. The second kappa shape index (κ2) is 8.66. The maximum atomic E-state index is 14.0. The topological polar surface area (TPSA) is 63.2 Å². The van der Waals surface area contributed by atoms with Crippen LogP contribution in [0.2, 0.25) is 0 Å². The fourth-order valence-electron chi connectivity index (χ4n) is 3.20. The molecule has 0 amide bonds. The Kier molecular flexibility index (Phi) is 6.54. The Morgan fingerprint density at radius 1 is 1.28 bits per heavy atom. The minimum absolute atomic E-state index is 0.341. The number of methoxy groups -OCH3 is 1. The Hall–Kier alpha value is -0.900. The lowest BCUT2D eigenvalue weighted by Crippen LogP contribution is -2.45. The van der Waals surface area contributed by atoms with E-state index in [-0.39, 0.29) is 5.82 Å². The van der Waals surface area contributed by atoms with Crippen LogP contribution in [0.15, 0.2) is 23.1 Å². The predicted molar refractivity (Wildman–Crippen MR) is 95.2 cm³/mol. The van der Waals surface area contributed by atoms with Gasteiger partial charge < -0.3 is 19.1 Å². The molecule has 2 aliphatic heterocycles. The number of hydrogen-bond acceptors (Lipinski definition) is 6. The van der Waals surface area contributed by atoms with E-state index < -0.39 is 17.1 Å². The quantitative estimate of drug-likeness (QED) is 0.564. The molecule has 2 N–H and O–H groups in total. The molecule has 1 spiro atoms.